The molecule has 0 atom stereocenters. The van der Waals surface area contributed by atoms with Gasteiger partial charge >= 0.3 is 5.97 Å². The summed E-state index contributed by atoms with van der Waals surface area (Å²) in [6, 6.07) is 3.48. The Kier molecular flexibility index (Phi) is 6.55. The topological polar surface area (TPSA) is 68.2 Å². The highest BCUT2D eigenvalue weighted by Gasteiger charge is 2.17. The Labute approximate surface area is 124 Å². The molecule has 116 valence electrons. The Morgan fingerprint density at radius 1 is 1.24 bits per heavy atom. The summed E-state index contributed by atoms with van der Waals surface area (Å²) in [4.78, 5) is 12.7. The summed E-state index contributed by atoms with van der Waals surface area (Å²) < 4.78 is 15.9. The van der Waals surface area contributed by atoms with Crippen molar-refractivity contribution >= 4 is 5.97 Å². The van der Waals surface area contributed by atoms with Crippen LogP contribution in [0.4, 0.5) is 0 Å². The number of methoxy groups -OCH3 is 3. The van der Waals surface area contributed by atoms with Gasteiger partial charge in [0.05, 0.1) is 33.4 Å². The number of carbonyl (C=O) groups is 1. The number of benzene rings is 1. The van der Waals surface area contributed by atoms with Crippen LogP contribution in [0.1, 0.15) is 5.56 Å². The molecule has 1 N–H and O–H groups in total. The normalized spacial score (nSPS) is 10.3. The van der Waals surface area contributed by atoms with Crippen molar-refractivity contribution in [1.82, 2.24) is 4.90 Å². The number of carboxylic acids is 1. The van der Waals surface area contributed by atoms with E-state index in [1.165, 1.54) is 0 Å². The average molecular weight is 295 g/mol. The molecule has 0 radical (unpaired) electrons. The van der Waals surface area contributed by atoms with Crippen LogP contribution in [0.3, 0.4) is 0 Å². The molecule has 0 saturated carbocycles. The van der Waals surface area contributed by atoms with Crippen LogP contribution in [0, 0.1) is 0 Å². The Balaban J connectivity index is 3.13. The fraction of sp³-hybridized carbons (Fsp3) is 0.400. The summed E-state index contributed by atoms with van der Waals surface area (Å²) in [5.41, 5.74) is 0.768. The first kappa shape index (κ1) is 16.8. The summed E-state index contributed by atoms with van der Waals surface area (Å²) in [6.07, 6.45) is 1.66. The van der Waals surface area contributed by atoms with Gasteiger partial charge in [-0.1, -0.05) is 6.08 Å². The van der Waals surface area contributed by atoms with Gasteiger partial charge in [0.25, 0.3) is 0 Å². The van der Waals surface area contributed by atoms with Gasteiger partial charge in [-0.15, -0.1) is 6.58 Å². The maximum atomic E-state index is 10.9. The summed E-state index contributed by atoms with van der Waals surface area (Å²) >= 11 is 0. The van der Waals surface area contributed by atoms with Crippen LogP contribution in [0.2, 0.25) is 0 Å². The molecule has 0 amide bonds. The van der Waals surface area contributed by atoms with E-state index in [4.69, 9.17) is 19.3 Å². The Hall–Kier alpha value is -2.21. The first-order chi connectivity index (χ1) is 10.0. The van der Waals surface area contributed by atoms with Crippen molar-refractivity contribution in [2.75, 3.05) is 34.4 Å². The molecule has 0 aliphatic carbocycles. The fourth-order valence-electron chi connectivity index (χ4n) is 2.02. The molecule has 0 unspecified atom stereocenters. The minimum atomic E-state index is -0.900. The zero-order valence-electron chi connectivity index (χ0n) is 12.6. The minimum Gasteiger partial charge on any atom is -0.496 e. The van der Waals surface area contributed by atoms with Crippen molar-refractivity contribution in [1.29, 1.82) is 0 Å². The second-order valence-electron chi connectivity index (χ2n) is 4.36. The monoisotopic (exact) mass is 295 g/mol. The number of carboxylic acid groups (broad SMARTS) is 1. The number of hydrogen-bond donors (Lipinski definition) is 1. The minimum absolute atomic E-state index is 0.0929. The third-order valence-electron chi connectivity index (χ3n) is 2.94. The molecular weight excluding hydrogens is 274 g/mol. The van der Waals surface area contributed by atoms with Crippen LogP contribution in [0.25, 0.3) is 0 Å². The SMILES string of the molecule is C=CCN(CC(=O)O)Cc1c(OC)cc(OC)cc1OC. The number of hydrogen-bond acceptors (Lipinski definition) is 5. The van der Waals surface area contributed by atoms with E-state index in [-0.39, 0.29) is 6.54 Å². The molecule has 0 aliphatic rings. The standard InChI is InChI=1S/C15H21NO5/c1-5-6-16(10-15(17)18)9-12-13(20-3)7-11(19-2)8-14(12)21-4/h5,7-8H,1,6,9-10H2,2-4H3,(H,17,18). The third kappa shape index (κ3) is 4.68. The number of nitrogens with zero attached hydrogens (tertiary/aromatic N) is 1. The first-order valence-electron chi connectivity index (χ1n) is 6.39. The molecule has 21 heavy (non-hydrogen) atoms. The van der Waals surface area contributed by atoms with Crippen molar-refractivity contribution in [3.05, 3.63) is 30.4 Å². The van der Waals surface area contributed by atoms with Crippen LogP contribution >= 0.6 is 0 Å². The van der Waals surface area contributed by atoms with E-state index in [1.807, 2.05) is 0 Å². The molecule has 6 heteroatoms. The van der Waals surface area contributed by atoms with Crippen LogP contribution in [0.15, 0.2) is 24.8 Å². The molecule has 0 fully saturated rings. The Morgan fingerprint density at radius 3 is 2.19 bits per heavy atom. The molecule has 0 spiro atoms. The summed E-state index contributed by atoms with van der Waals surface area (Å²) in [5, 5.41) is 8.97. The summed E-state index contributed by atoms with van der Waals surface area (Å²) in [6.45, 7) is 4.37. The number of ether oxygens (including phenoxy) is 3. The van der Waals surface area contributed by atoms with E-state index in [1.54, 1.807) is 44.4 Å². The van der Waals surface area contributed by atoms with Crippen LogP contribution in [0.5, 0.6) is 17.2 Å². The largest absolute Gasteiger partial charge is 0.496 e. The third-order valence-corrected chi connectivity index (χ3v) is 2.94. The molecule has 0 heterocycles. The van der Waals surface area contributed by atoms with Crippen molar-refractivity contribution < 1.29 is 24.1 Å². The molecule has 0 bridgehead atoms. The van der Waals surface area contributed by atoms with Gasteiger partial charge in [0.1, 0.15) is 17.2 Å². The molecule has 0 saturated heterocycles. The molecule has 0 aromatic heterocycles. The zero-order valence-corrected chi connectivity index (χ0v) is 12.6. The Bertz CT molecular complexity index is 476. The van der Waals surface area contributed by atoms with Gasteiger partial charge in [-0.3, -0.25) is 9.69 Å². The summed E-state index contributed by atoms with van der Waals surface area (Å²) in [5.74, 6) is 0.889. The molecule has 1 rings (SSSR count). The van der Waals surface area contributed by atoms with Gasteiger partial charge in [0.15, 0.2) is 0 Å². The lowest BCUT2D eigenvalue weighted by Gasteiger charge is -2.22. The van der Waals surface area contributed by atoms with Gasteiger partial charge in [0, 0.05) is 25.2 Å². The van der Waals surface area contributed by atoms with Crippen molar-refractivity contribution in [2.24, 2.45) is 0 Å². The highest BCUT2D eigenvalue weighted by atomic mass is 16.5. The van der Waals surface area contributed by atoms with Crippen LogP contribution < -0.4 is 14.2 Å². The maximum absolute atomic E-state index is 10.9. The van der Waals surface area contributed by atoms with Crippen LogP contribution in [-0.4, -0.2) is 50.4 Å². The number of aliphatic carboxylic acids is 1. The predicted molar refractivity (Wildman–Crippen MR) is 79.2 cm³/mol. The van der Waals surface area contributed by atoms with Gasteiger partial charge in [-0.05, 0) is 0 Å². The lowest BCUT2D eigenvalue weighted by Crippen LogP contribution is -2.29. The molecule has 0 aliphatic heterocycles. The predicted octanol–water partition coefficient (Wildman–Crippen LogP) is 1.79. The zero-order chi connectivity index (χ0) is 15.8. The lowest BCUT2D eigenvalue weighted by atomic mass is 10.1. The Morgan fingerprint density at radius 2 is 1.81 bits per heavy atom. The van der Waals surface area contributed by atoms with E-state index >= 15 is 0 Å². The van der Waals surface area contributed by atoms with Gasteiger partial charge in [-0.25, -0.2) is 0 Å². The molecule has 6 nitrogen and oxygen atoms in total. The smallest absolute Gasteiger partial charge is 0.317 e. The fourth-order valence-corrected chi connectivity index (χ4v) is 2.02. The number of rotatable bonds is 9. The second-order valence-corrected chi connectivity index (χ2v) is 4.36. The van der Waals surface area contributed by atoms with Gasteiger partial charge in [-0.2, -0.15) is 0 Å². The molecule has 1 aromatic rings. The highest BCUT2D eigenvalue weighted by Crippen LogP contribution is 2.34. The quantitative estimate of drug-likeness (QED) is 0.700. The van der Waals surface area contributed by atoms with Crippen molar-refractivity contribution in [2.45, 2.75) is 6.54 Å². The van der Waals surface area contributed by atoms with Crippen LogP contribution in [-0.2, 0) is 11.3 Å². The van der Waals surface area contributed by atoms with E-state index in [0.717, 1.165) is 5.56 Å². The van der Waals surface area contributed by atoms with Gasteiger partial charge in [0.2, 0.25) is 0 Å². The average Bonchev–Trinajstić information content (AvgIpc) is 2.46. The first-order valence-corrected chi connectivity index (χ1v) is 6.39. The summed E-state index contributed by atoms with van der Waals surface area (Å²) in [7, 11) is 4.65. The maximum Gasteiger partial charge on any atom is 0.317 e. The van der Waals surface area contributed by atoms with E-state index in [0.29, 0.717) is 30.3 Å². The van der Waals surface area contributed by atoms with E-state index < -0.39 is 5.97 Å². The van der Waals surface area contributed by atoms with E-state index in [2.05, 4.69) is 6.58 Å². The van der Waals surface area contributed by atoms with E-state index in [9.17, 15) is 4.79 Å². The second kappa shape index (κ2) is 8.16. The highest BCUT2D eigenvalue weighted by molar-refractivity contribution is 5.69. The van der Waals surface area contributed by atoms with Crippen molar-refractivity contribution in [3.8, 4) is 17.2 Å². The molecular formula is C15H21NO5. The van der Waals surface area contributed by atoms with Gasteiger partial charge < -0.3 is 19.3 Å². The lowest BCUT2D eigenvalue weighted by molar-refractivity contribution is -0.138. The van der Waals surface area contributed by atoms with Crippen molar-refractivity contribution in [3.63, 3.8) is 0 Å². The molecule has 1 aromatic carbocycles.